The predicted octanol–water partition coefficient (Wildman–Crippen LogP) is 5.92. The molecule has 2 saturated heterocycles. The van der Waals surface area contributed by atoms with E-state index in [1.54, 1.807) is 0 Å². The number of fused-ring (bicyclic) bond motifs is 5. The van der Waals surface area contributed by atoms with Crippen molar-refractivity contribution in [1.82, 2.24) is 5.01 Å². The molecule has 2 fully saturated rings. The minimum absolute atomic E-state index is 0.0196. The summed E-state index contributed by atoms with van der Waals surface area (Å²) in [6.07, 6.45) is 19.7. The average Bonchev–Trinajstić information content (AvgIpc) is 3.28. The van der Waals surface area contributed by atoms with Crippen LogP contribution in [-0.4, -0.2) is 59.4 Å². The smallest absolute Gasteiger partial charge is 0.301 e. The van der Waals surface area contributed by atoms with Crippen LogP contribution in [0.25, 0.3) is 0 Å². The minimum Gasteiger partial charge on any atom is -0.379 e. The maximum absolute atomic E-state index is 12.5. The Labute approximate surface area is 238 Å². The summed E-state index contributed by atoms with van der Waals surface area (Å²) >= 11 is 0. The monoisotopic (exact) mass is 546 g/mol. The van der Waals surface area contributed by atoms with Crippen molar-refractivity contribution in [3.63, 3.8) is 0 Å². The van der Waals surface area contributed by atoms with Crippen LogP contribution in [0.15, 0.2) is 45.7 Å². The quantitative estimate of drug-likeness (QED) is 0.451. The van der Waals surface area contributed by atoms with Gasteiger partial charge < -0.3 is 15.4 Å². The second-order valence-corrected chi connectivity index (χ2v) is 12.5. The van der Waals surface area contributed by atoms with Gasteiger partial charge in [0.05, 0.1) is 30.8 Å². The van der Waals surface area contributed by atoms with Crippen LogP contribution in [0, 0.1) is 5.92 Å². The Morgan fingerprint density at radius 2 is 1.82 bits per heavy atom. The number of amidine groups is 1. The number of benzene rings is 1. The molecule has 3 unspecified atom stereocenters. The third-order valence-electron chi connectivity index (χ3n) is 9.25. The summed E-state index contributed by atoms with van der Waals surface area (Å²) in [4.78, 5) is 21.8. The highest BCUT2D eigenvalue weighted by molar-refractivity contribution is 6.30. The van der Waals surface area contributed by atoms with Gasteiger partial charge in [0.25, 0.3) is 5.96 Å². The number of nitrogens with one attached hydrogen (secondary N) is 2. The van der Waals surface area contributed by atoms with Crippen molar-refractivity contribution in [1.29, 1.82) is 0 Å². The van der Waals surface area contributed by atoms with Gasteiger partial charge in [0.1, 0.15) is 6.21 Å². The van der Waals surface area contributed by atoms with Crippen LogP contribution < -0.4 is 10.6 Å². The Hall–Kier alpha value is -2.88. The summed E-state index contributed by atoms with van der Waals surface area (Å²) in [5.74, 6) is 2.00. The van der Waals surface area contributed by atoms with Crippen molar-refractivity contribution in [2.45, 2.75) is 95.9 Å². The van der Waals surface area contributed by atoms with E-state index in [4.69, 9.17) is 14.8 Å². The first kappa shape index (κ1) is 27.3. The van der Waals surface area contributed by atoms with Gasteiger partial charge in [-0.1, -0.05) is 51.0 Å². The van der Waals surface area contributed by atoms with Crippen molar-refractivity contribution in [2.75, 3.05) is 30.4 Å². The summed E-state index contributed by atoms with van der Waals surface area (Å²) in [7, 11) is 0. The third-order valence-corrected chi connectivity index (χ3v) is 9.25. The van der Waals surface area contributed by atoms with Gasteiger partial charge in [-0.05, 0) is 72.9 Å². The van der Waals surface area contributed by atoms with E-state index in [9.17, 15) is 4.79 Å². The summed E-state index contributed by atoms with van der Waals surface area (Å²) in [5.41, 5.74) is 2.15. The van der Waals surface area contributed by atoms with Crippen LogP contribution in [0.5, 0.6) is 0 Å². The summed E-state index contributed by atoms with van der Waals surface area (Å²) in [6.45, 7) is 6.41. The number of quaternary nitrogens is 1. The van der Waals surface area contributed by atoms with Crippen molar-refractivity contribution >= 4 is 35.3 Å². The number of aliphatic imine (C=N–C) groups is 2. The molecule has 9 heteroatoms. The number of nitrogens with zero attached hydrogens (tertiary/aromatic N) is 5. The van der Waals surface area contributed by atoms with Gasteiger partial charge in [0.2, 0.25) is 5.91 Å². The lowest BCUT2D eigenvalue weighted by molar-refractivity contribution is -0.922. The fourth-order valence-corrected chi connectivity index (χ4v) is 6.77. The molecule has 40 heavy (non-hydrogen) atoms. The zero-order valence-corrected chi connectivity index (χ0v) is 24.1. The van der Waals surface area contributed by atoms with Crippen molar-refractivity contribution in [2.24, 2.45) is 21.0 Å². The Bertz CT molecular complexity index is 1240. The maximum Gasteiger partial charge on any atom is 0.301 e. The van der Waals surface area contributed by atoms with E-state index in [1.807, 2.05) is 44.5 Å². The van der Waals surface area contributed by atoms with E-state index in [0.717, 1.165) is 48.8 Å². The SMILES string of the molecule is CC1(C)C(=O)Nc2cc(NC3=N[N+]4(N5CCCCCCCCCCC6CCC5COC6)C=CN=CC4=N3)ccc21. The molecular weight excluding hydrogens is 502 g/mol. The van der Waals surface area contributed by atoms with Gasteiger partial charge in [-0.15, -0.1) is 10.0 Å². The fraction of sp³-hybridized carbons (Fsp3) is 0.613. The first-order valence-electron chi connectivity index (χ1n) is 15.3. The van der Waals surface area contributed by atoms with E-state index in [2.05, 4.69) is 26.8 Å². The van der Waals surface area contributed by atoms with Crippen LogP contribution in [0.4, 0.5) is 11.4 Å². The molecule has 0 aliphatic carbocycles. The molecule has 9 nitrogen and oxygen atoms in total. The van der Waals surface area contributed by atoms with Gasteiger partial charge >= 0.3 is 5.84 Å². The number of hydrogen-bond donors (Lipinski definition) is 2. The Balaban J connectivity index is 1.27. The molecule has 2 bridgehead atoms. The Morgan fingerprint density at radius 1 is 1.02 bits per heavy atom. The molecule has 0 saturated carbocycles. The molecule has 0 radical (unpaired) electrons. The Morgan fingerprint density at radius 3 is 2.67 bits per heavy atom. The summed E-state index contributed by atoms with van der Waals surface area (Å²) in [5, 5.41) is 14.1. The van der Waals surface area contributed by atoms with E-state index in [1.165, 1.54) is 57.8 Å². The number of carbonyl (C=O) groups excluding carboxylic acids is 1. The summed E-state index contributed by atoms with van der Waals surface area (Å²) in [6, 6.07) is 6.23. The van der Waals surface area contributed by atoms with E-state index < -0.39 is 5.41 Å². The van der Waals surface area contributed by atoms with Gasteiger partial charge in [0, 0.05) is 18.0 Å². The predicted molar refractivity (Wildman–Crippen MR) is 160 cm³/mol. The lowest BCUT2D eigenvalue weighted by Crippen LogP contribution is -2.61. The number of carbonyl (C=O) groups is 1. The number of ether oxygens (including phenoxy) is 1. The lowest BCUT2D eigenvalue weighted by Gasteiger charge is -2.39. The van der Waals surface area contributed by atoms with E-state index >= 15 is 0 Å². The number of anilines is 2. The van der Waals surface area contributed by atoms with Gasteiger partial charge in [0.15, 0.2) is 6.20 Å². The standard InChI is InChI=1S/C31H43N7O2/c1-31(2)26-15-13-24(19-27(26)34-29(31)39)33-30-35-28-20-32-16-18-38(28,36-30)37-17-10-8-6-4-3-5-7-9-11-23-12-14-25(37)22-40-21-23/h13,15-16,18-20,23,25H,3-12,14,17,21-22H2,1-2H3,(H-,33,34,36,39)/p+1. The van der Waals surface area contributed by atoms with E-state index in [0.29, 0.717) is 18.5 Å². The molecule has 3 atom stereocenters. The highest BCUT2D eigenvalue weighted by Crippen LogP contribution is 2.39. The first-order chi connectivity index (χ1) is 19.5. The molecule has 5 aliphatic heterocycles. The van der Waals surface area contributed by atoms with Crippen LogP contribution in [0.1, 0.15) is 90.0 Å². The van der Waals surface area contributed by atoms with Crippen molar-refractivity contribution in [3.05, 3.63) is 36.2 Å². The molecule has 0 aromatic heterocycles. The first-order valence-corrected chi connectivity index (χ1v) is 15.3. The lowest BCUT2D eigenvalue weighted by atomic mass is 9.86. The second-order valence-electron chi connectivity index (χ2n) is 12.5. The molecule has 214 valence electrons. The highest BCUT2D eigenvalue weighted by atomic mass is 16.5. The van der Waals surface area contributed by atoms with Gasteiger partial charge in [-0.3, -0.25) is 9.79 Å². The molecule has 5 heterocycles. The highest BCUT2D eigenvalue weighted by Gasteiger charge is 2.49. The van der Waals surface area contributed by atoms with Crippen LogP contribution in [0.3, 0.4) is 0 Å². The molecular formula is C31H44N7O2+. The zero-order chi connectivity index (χ0) is 27.6. The van der Waals surface area contributed by atoms with E-state index in [-0.39, 0.29) is 16.7 Å². The topological polar surface area (TPSA) is 90.7 Å². The number of amides is 1. The fourth-order valence-electron chi connectivity index (χ4n) is 6.77. The maximum atomic E-state index is 12.5. The number of guanidine groups is 1. The van der Waals surface area contributed by atoms with Gasteiger partial charge in [-0.2, -0.15) is 0 Å². The van der Waals surface area contributed by atoms with Gasteiger partial charge in [-0.25, -0.2) is 0 Å². The minimum atomic E-state index is -0.534. The third kappa shape index (κ3) is 5.39. The number of hydrogen-bond acceptors (Lipinski definition) is 7. The van der Waals surface area contributed by atoms with Crippen LogP contribution in [0.2, 0.25) is 0 Å². The van der Waals surface area contributed by atoms with Crippen LogP contribution in [-0.2, 0) is 14.9 Å². The molecule has 2 N–H and O–H groups in total. The van der Waals surface area contributed by atoms with Crippen molar-refractivity contribution in [3.8, 4) is 0 Å². The average molecular weight is 547 g/mol. The Kier molecular flexibility index (Phi) is 7.88. The normalized spacial score (nSPS) is 30.8. The molecule has 6 rings (SSSR count). The summed E-state index contributed by atoms with van der Waals surface area (Å²) < 4.78 is 6.52. The molecule has 1 amide bonds. The second kappa shape index (κ2) is 11.5. The van der Waals surface area contributed by atoms with Crippen LogP contribution >= 0.6 is 0 Å². The molecule has 5 aliphatic rings. The molecule has 1 aromatic rings. The van der Waals surface area contributed by atoms with Crippen molar-refractivity contribution < 1.29 is 14.2 Å². The largest absolute Gasteiger partial charge is 0.379 e. The zero-order valence-electron chi connectivity index (χ0n) is 24.1. The molecule has 1 aromatic carbocycles. The molecule has 0 spiro atoms. The number of rotatable bonds is 2.